The van der Waals surface area contributed by atoms with Crippen LogP contribution in [0.1, 0.15) is 28.4 Å². The van der Waals surface area contributed by atoms with Gasteiger partial charge in [0.2, 0.25) is 0 Å². The Morgan fingerprint density at radius 2 is 1.75 bits per heavy atom. The Kier molecular flexibility index (Phi) is 2.36. The molecule has 3 rings (SSSR count). The van der Waals surface area contributed by atoms with Crippen LogP contribution in [0.5, 0.6) is 0 Å². The van der Waals surface area contributed by atoms with E-state index in [1.807, 2.05) is 0 Å². The maximum Gasteiger partial charge on any atom is 0.0367 e. The van der Waals surface area contributed by atoms with Crippen molar-refractivity contribution < 1.29 is 0 Å². The van der Waals surface area contributed by atoms with Crippen molar-refractivity contribution in [3.63, 3.8) is 0 Å². The van der Waals surface area contributed by atoms with Crippen LogP contribution < -0.4 is 0 Å². The van der Waals surface area contributed by atoms with Crippen LogP contribution in [0.3, 0.4) is 0 Å². The number of alkyl halides is 1. The van der Waals surface area contributed by atoms with Crippen LogP contribution in [0, 0.1) is 0 Å². The van der Waals surface area contributed by atoms with E-state index in [9.17, 15) is 0 Å². The van der Waals surface area contributed by atoms with Gasteiger partial charge in [0.05, 0.1) is 0 Å². The summed E-state index contributed by atoms with van der Waals surface area (Å²) < 4.78 is 0. The lowest BCUT2D eigenvalue weighted by atomic mass is 10.0. The summed E-state index contributed by atoms with van der Waals surface area (Å²) in [5.41, 5.74) is 7.10. The van der Waals surface area contributed by atoms with Gasteiger partial charge in [-0.2, -0.15) is 0 Å². The third-order valence-corrected chi connectivity index (χ3v) is 3.81. The highest BCUT2D eigenvalue weighted by atomic mass is 79.9. The maximum absolute atomic E-state index is 3.63. The molecule has 0 saturated heterocycles. The number of fused-ring (bicyclic) bond motifs is 3. The molecule has 1 aliphatic rings. The number of hydrogen-bond donors (Lipinski definition) is 0. The molecule has 0 amide bonds. The van der Waals surface area contributed by atoms with E-state index in [0.717, 1.165) is 6.42 Å². The molecule has 1 aliphatic carbocycles. The van der Waals surface area contributed by atoms with Gasteiger partial charge >= 0.3 is 0 Å². The van der Waals surface area contributed by atoms with E-state index < -0.39 is 0 Å². The van der Waals surface area contributed by atoms with E-state index in [4.69, 9.17) is 0 Å². The van der Waals surface area contributed by atoms with Crippen molar-refractivity contribution in [2.45, 2.75) is 18.2 Å². The predicted molar refractivity (Wildman–Crippen MR) is 72.0 cm³/mol. The molecule has 0 spiro atoms. The van der Waals surface area contributed by atoms with Crippen molar-refractivity contribution in [3.05, 3.63) is 59.2 Å². The molecule has 2 aromatic rings. The summed E-state index contributed by atoms with van der Waals surface area (Å²) in [6.45, 7) is 2.17. The van der Waals surface area contributed by atoms with Gasteiger partial charge in [0, 0.05) is 4.83 Å². The van der Waals surface area contributed by atoms with Gasteiger partial charge in [-0.25, -0.2) is 0 Å². The minimum atomic E-state index is 0.432. The second-order valence-electron chi connectivity index (χ2n) is 4.37. The first-order valence-electron chi connectivity index (χ1n) is 5.61. The van der Waals surface area contributed by atoms with E-state index in [0.29, 0.717) is 4.83 Å². The predicted octanol–water partition coefficient (Wildman–Crippen LogP) is 4.71. The molecule has 0 aromatic heterocycles. The first-order chi connectivity index (χ1) is 7.75. The fraction of sp³-hybridized carbons (Fsp3) is 0.200. The third kappa shape index (κ3) is 1.51. The standard InChI is InChI=1S/C15H13Br/c1-10(16)11-6-7-15-13(8-11)9-12-4-2-3-5-14(12)15/h2-8,10H,9H2,1H3/t10-/m1/s1. The minimum absolute atomic E-state index is 0.432. The van der Waals surface area contributed by atoms with E-state index in [2.05, 4.69) is 65.3 Å². The Hall–Kier alpha value is -1.08. The van der Waals surface area contributed by atoms with Crippen LogP contribution in [-0.4, -0.2) is 0 Å². The molecule has 0 N–H and O–H groups in total. The molecule has 0 fully saturated rings. The molecule has 0 bridgehead atoms. The zero-order valence-electron chi connectivity index (χ0n) is 9.20. The summed E-state index contributed by atoms with van der Waals surface area (Å²) >= 11 is 3.63. The molecule has 0 unspecified atom stereocenters. The van der Waals surface area contributed by atoms with E-state index >= 15 is 0 Å². The smallest absolute Gasteiger partial charge is 0.0367 e. The molecule has 2 aromatic carbocycles. The van der Waals surface area contributed by atoms with Gasteiger partial charge in [-0.1, -0.05) is 58.4 Å². The van der Waals surface area contributed by atoms with Crippen molar-refractivity contribution in [3.8, 4) is 11.1 Å². The summed E-state index contributed by atoms with van der Waals surface area (Å²) in [5, 5.41) is 0. The molecule has 1 heteroatoms. The fourth-order valence-electron chi connectivity index (χ4n) is 2.41. The Bertz CT molecular complexity index is 541. The van der Waals surface area contributed by atoms with Gasteiger partial charge in [0.1, 0.15) is 0 Å². The van der Waals surface area contributed by atoms with Crippen molar-refractivity contribution in [1.29, 1.82) is 0 Å². The van der Waals surface area contributed by atoms with Crippen LogP contribution in [0.25, 0.3) is 11.1 Å². The zero-order chi connectivity index (χ0) is 11.1. The van der Waals surface area contributed by atoms with Gasteiger partial charge in [-0.15, -0.1) is 0 Å². The highest BCUT2D eigenvalue weighted by molar-refractivity contribution is 9.09. The lowest BCUT2D eigenvalue weighted by Gasteiger charge is -2.06. The molecule has 16 heavy (non-hydrogen) atoms. The molecule has 0 saturated carbocycles. The van der Waals surface area contributed by atoms with Gasteiger partial charge in [0.25, 0.3) is 0 Å². The molecule has 1 atom stereocenters. The minimum Gasteiger partial charge on any atom is -0.0842 e. The van der Waals surface area contributed by atoms with Crippen LogP contribution in [-0.2, 0) is 6.42 Å². The summed E-state index contributed by atoms with van der Waals surface area (Å²) in [4.78, 5) is 0.432. The molecule has 80 valence electrons. The second-order valence-corrected chi connectivity index (χ2v) is 5.74. The first-order valence-corrected chi connectivity index (χ1v) is 6.52. The van der Waals surface area contributed by atoms with Crippen molar-refractivity contribution in [1.82, 2.24) is 0 Å². The van der Waals surface area contributed by atoms with Crippen LogP contribution in [0.4, 0.5) is 0 Å². The van der Waals surface area contributed by atoms with Gasteiger partial charge < -0.3 is 0 Å². The van der Waals surface area contributed by atoms with Gasteiger partial charge in [0.15, 0.2) is 0 Å². The molecule has 0 nitrogen and oxygen atoms in total. The highest BCUT2D eigenvalue weighted by Gasteiger charge is 2.18. The summed E-state index contributed by atoms with van der Waals surface area (Å²) in [7, 11) is 0. The van der Waals surface area contributed by atoms with E-state index in [1.54, 1.807) is 0 Å². The summed E-state index contributed by atoms with van der Waals surface area (Å²) in [6, 6.07) is 15.5. The monoisotopic (exact) mass is 272 g/mol. The third-order valence-electron chi connectivity index (χ3n) is 3.28. The quantitative estimate of drug-likeness (QED) is 0.563. The molecular formula is C15H13Br. The lowest BCUT2D eigenvalue weighted by Crippen LogP contribution is -1.87. The molecule has 0 radical (unpaired) electrons. The number of benzene rings is 2. The fourth-order valence-corrected chi connectivity index (χ4v) is 2.70. The average molecular weight is 273 g/mol. The number of halogens is 1. The summed E-state index contributed by atoms with van der Waals surface area (Å²) in [5.74, 6) is 0. The molecule has 0 heterocycles. The summed E-state index contributed by atoms with van der Waals surface area (Å²) in [6.07, 6.45) is 1.08. The average Bonchev–Trinajstić information content (AvgIpc) is 2.66. The Morgan fingerprint density at radius 1 is 1.00 bits per heavy atom. The first kappa shape index (κ1) is 10.1. The SMILES string of the molecule is C[C@@H](Br)c1ccc2c(c1)Cc1ccccc1-2. The highest BCUT2D eigenvalue weighted by Crippen LogP contribution is 2.38. The van der Waals surface area contributed by atoms with E-state index in [1.165, 1.54) is 27.8 Å². The molecular weight excluding hydrogens is 260 g/mol. The molecule has 0 aliphatic heterocycles. The largest absolute Gasteiger partial charge is 0.0842 e. The van der Waals surface area contributed by atoms with Crippen LogP contribution in [0.2, 0.25) is 0 Å². The van der Waals surface area contributed by atoms with Crippen LogP contribution >= 0.6 is 15.9 Å². The maximum atomic E-state index is 3.63. The van der Waals surface area contributed by atoms with E-state index in [-0.39, 0.29) is 0 Å². The Balaban J connectivity index is 2.14. The van der Waals surface area contributed by atoms with Crippen LogP contribution in [0.15, 0.2) is 42.5 Å². The lowest BCUT2D eigenvalue weighted by molar-refractivity contribution is 1.11. The normalized spacial score (nSPS) is 14.4. The topological polar surface area (TPSA) is 0 Å². The second kappa shape index (κ2) is 3.74. The number of rotatable bonds is 1. The zero-order valence-corrected chi connectivity index (χ0v) is 10.8. The van der Waals surface area contributed by atoms with Gasteiger partial charge in [-0.05, 0) is 41.2 Å². The van der Waals surface area contributed by atoms with Crippen molar-refractivity contribution in [2.75, 3.05) is 0 Å². The van der Waals surface area contributed by atoms with Gasteiger partial charge in [-0.3, -0.25) is 0 Å². The van der Waals surface area contributed by atoms with Crippen molar-refractivity contribution in [2.24, 2.45) is 0 Å². The Morgan fingerprint density at radius 3 is 2.56 bits per heavy atom. The number of hydrogen-bond acceptors (Lipinski definition) is 0. The van der Waals surface area contributed by atoms with Crippen molar-refractivity contribution >= 4 is 15.9 Å². The Labute approximate surface area is 104 Å².